The number of aliphatic carboxylic acids is 1. The summed E-state index contributed by atoms with van der Waals surface area (Å²) in [6.07, 6.45) is 1.04. The Balaban J connectivity index is 1.44. The Morgan fingerprint density at radius 1 is 1.03 bits per heavy atom. The molecule has 0 atom stereocenters. The maximum absolute atomic E-state index is 13.4. The summed E-state index contributed by atoms with van der Waals surface area (Å²) in [5, 5.41) is 12.7. The number of halogens is 3. The van der Waals surface area contributed by atoms with E-state index < -0.39 is 26.0 Å². The highest BCUT2D eigenvalue weighted by molar-refractivity contribution is 6.76. The number of aromatic nitrogens is 4. The van der Waals surface area contributed by atoms with E-state index in [0.29, 0.717) is 18.1 Å². The fourth-order valence-electron chi connectivity index (χ4n) is 4.83. The molecule has 0 spiro atoms. The molecular weight excluding hydrogens is 525 g/mol. The zero-order valence-electron chi connectivity index (χ0n) is 22.5. The molecule has 0 radical (unpaired) electrons. The van der Waals surface area contributed by atoms with Gasteiger partial charge in [-0.25, -0.2) is 9.67 Å². The lowest BCUT2D eigenvalue weighted by molar-refractivity contribution is -0.145. The van der Waals surface area contributed by atoms with Gasteiger partial charge in [-0.1, -0.05) is 50.0 Å². The van der Waals surface area contributed by atoms with Crippen LogP contribution in [0.3, 0.4) is 0 Å². The van der Waals surface area contributed by atoms with Crippen LogP contribution in [0.4, 0.5) is 13.2 Å². The van der Waals surface area contributed by atoms with Gasteiger partial charge in [-0.05, 0) is 49.3 Å². The molecule has 0 amide bonds. The molecule has 1 aromatic carbocycles. The van der Waals surface area contributed by atoms with E-state index in [4.69, 9.17) is 9.84 Å². The van der Waals surface area contributed by atoms with Crippen molar-refractivity contribution in [2.75, 3.05) is 6.61 Å². The van der Waals surface area contributed by atoms with E-state index in [2.05, 4.69) is 34.7 Å². The second kappa shape index (κ2) is 12.0. The van der Waals surface area contributed by atoms with Gasteiger partial charge in [0.15, 0.2) is 5.82 Å². The minimum absolute atomic E-state index is 0.103. The van der Waals surface area contributed by atoms with Crippen LogP contribution in [0.15, 0.2) is 42.6 Å². The van der Waals surface area contributed by atoms with Crippen molar-refractivity contribution in [2.45, 2.75) is 76.6 Å². The molecule has 1 aliphatic carbocycles. The number of benzene rings is 1. The minimum Gasteiger partial charge on any atom is -0.481 e. The summed E-state index contributed by atoms with van der Waals surface area (Å²) in [6, 6.07) is 12.0. The summed E-state index contributed by atoms with van der Waals surface area (Å²) in [5.41, 5.74) is 3.30. The lowest BCUT2D eigenvalue weighted by atomic mass is 9.79. The third kappa shape index (κ3) is 7.98. The Morgan fingerprint density at radius 3 is 2.23 bits per heavy atom. The lowest BCUT2D eigenvalue weighted by Crippen LogP contribution is -2.22. The topological polar surface area (TPSA) is 90.1 Å². The van der Waals surface area contributed by atoms with Gasteiger partial charge in [-0.3, -0.25) is 9.78 Å². The van der Waals surface area contributed by atoms with Crippen LogP contribution >= 0.6 is 0 Å². The van der Waals surface area contributed by atoms with Gasteiger partial charge in [0.25, 0.3) is 5.82 Å². The molecule has 39 heavy (non-hydrogen) atoms. The quantitative estimate of drug-likeness (QED) is 0.210. The summed E-state index contributed by atoms with van der Waals surface area (Å²) < 4.78 is 46.9. The second-order valence-electron chi connectivity index (χ2n) is 11.5. The molecule has 0 bridgehead atoms. The average molecular weight is 561 g/mol. The van der Waals surface area contributed by atoms with E-state index >= 15 is 0 Å². The van der Waals surface area contributed by atoms with Crippen LogP contribution in [0.2, 0.25) is 25.7 Å². The van der Waals surface area contributed by atoms with Gasteiger partial charge >= 0.3 is 12.1 Å². The molecule has 1 saturated carbocycles. The normalized spacial score (nSPS) is 18.3. The Bertz CT molecular complexity index is 1250. The molecule has 1 aliphatic rings. The molecule has 7 nitrogen and oxygen atoms in total. The Hall–Kier alpha value is -3.05. The molecule has 3 aromatic rings. The van der Waals surface area contributed by atoms with Crippen LogP contribution in [0.1, 0.15) is 49.5 Å². The van der Waals surface area contributed by atoms with E-state index in [0.717, 1.165) is 48.5 Å². The van der Waals surface area contributed by atoms with E-state index in [9.17, 15) is 18.0 Å². The molecule has 0 unspecified atom stereocenters. The first-order valence-corrected chi connectivity index (χ1v) is 17.0. The molecule has 2 aromatic heterocycles. The van der Waals surface area contributed by atoms with Gasteiger partial charge in [0, 0.05) is 50.0 Å². The van der Waals surface area contributed by atoms with Crippen LogP contribution in [-0.2, 0) is 22.4 Å². The van der Waals surface area contributed by atoms with Crippen molar-refractivity contribution in [1.29, 1.82) is 0 Å². The monoisotopic (exact) mass is 560 g/mol. The second-order valence-corrected chi connectivity index (χ2v) is 17.1. The van der Waals surface area contributed by atoms with Crippen LogP contribution in [0, 0.1) is 5.92 Å². The van der Waals surface area contributed by atoms with Crippen molar-refractivity contribution in [3.8, 4) is 22.5 Å². The Labute approximate surface area is 227 Å². The van der Waals surface area contributed by atoms with Crippen molar-refractivity contribution in [3.63, 3.8) is 0 Å². The maximum atomic E-state index is 13.4. The minimum atomic E-state index is -4.65. The fraction of sp³-hybridized carbons (Fsp3) is 0.500. The fourth-order valence-corrected chi connectivity index (χ4v) is 5.59. The van der Waals surface area contributed by atoms with Gasteiger partial charge in [0.1, 0.15) is 6.73 Å². The highest BCUT2D eigenvalue weighted by Crippen LogP contribution is 2.37. The standard InChI is InChI=1S/C28H35F3N4O3Si/c1-39(2,3)15-14-38-18-35-26(33-27(34-35)28(29,30)31)22-10-8-20(9-11-22)23-12-13-24(32-17-23)21-6-4-19(5-7-21)16-25(36)37/h8-13,17,19,21H,4-7,14-16,18H2,1-3H3,(H,36,37). The molecule has 0 aliphatic heterocycles. The highest BCUT2D eigenvalue weighted by Gasteiger charge is 2.37. The molecule has 1 N–H and O–H groups in total. The zero-order chi connectivity index (χ0) is 28.2. The SMILES string of the molecule is C[Si](C)(C)CCOCn1nc(C(F)(F)F)nc1-c1ccc(-c2ccc(C3CCC(CC(=O)O)CC3)nc2)cc1. The number of alkyl halides is 3. The summed E-state index contributed by atoms with van der Waals surface area (Å²) >= 11 is 0. The van der Waals surface area contributed by atoms with Crippen molar-refractivity contribution in [2.24, 2.45) is 5.92 Å². The van der Waals surface area contributed by atoms with Gasteiger partial charge < -0.3 is 9.84 Å². The van der Waals surface area contributed by atoms with Crippen molar-refractivity contribution < 1.29 is 27.8 Å². The number of nitrogens with zero attached hydrogens (tertiary/aromatic N) is 4. The third-order valence-electron chi connectivity index (χ3n) is 7.13. The molecule has 210 valence electrons. The number of ether oxygens (including phenoxy) is 1. The number of pyridine rings is 1. The number of carbonyl (C=O) groups is 1. The number of hydrogen-bond donors (Lipinski definition) is 1. The third-order valence-corrected chi connectivity index (χ3v) is 8.83. The number of hydrogen-bond acceptors (Lipinski definition) is 5. The predicted molar refractivity (Wildman–Crippen MR) is 145 cm³/mol. The molecule has 0 saturated heterocycles. The van der Waals surface area contributed by atoms with E-state index in [-0.39, 0.29) is 24.9 Å². The van der Waals surface area contributed by atoms with E-state index in [1.807, 2.05) is 30.5 Å². The van der Waals surface area contributed by atoms with Crippen molar-refractivity contribution in [1.82, 2.24) is 19.7 Å². The van der Waals surface area contributed by atoms with E-state index in [1.54, 1.807) is 12.1 Å². The highest BCUT2D eigenvalue weighted by atomic mass is 28.3. The molecule has 2 heterocycles. The zero-order valence-corrected chi connectivity index (χ0v) is 23.5. The summed E-state index contributed by atoms with van der Waals surface area (Å²) in [4.78, 5) is 19.4. The van der Waals surface area contributed by atoms with Gasteiger partial charge in [0.05, 0.1) is 0 Å². The van der Waals surface area contributed by atoms with Crippen LogP contribution in [0.5, 0.6) is 0 Å². The lowest BCUT2D eigenvalue weighted by Gasteiger charge is -2.27. The van der Waals surface area contributed by atoms with Crippen LogP contribution < -0.4 is 0 Å². The van der Waals surface area contributed by atoms with E-state index in [1.165, 1.54) is 4.68 Å². The average Bonchev–Trinajstić information content (AvgIpc) is 3.31. The molecule has 11 heteroatoms. The summed E-state index contributed by atoms with van der Waals surface area (Å²) in [7, 11) is -1.33. The first-order valence-electron chi connectivity index (χ1n) is 13.3. The molecule has 4 rings (SSSR count). The molecular formula is C28H35F3N4O3Si. The number of rotatable bonds is 10. The van der Waals surface area contributed by atoms with Crippen LogP contribution in [-0.4, -0.2) is 45.5 Å². The van der Waals surface area contributed by atoms with Gasteiger partial charge in [-0.15, -0.1) is 5.10 Å². The summed E-state index contributed by atoms with van der Waals surface area (Å²) in [6.45, 7) is 6.98. The number of carboxylic acids is 1. The predicted octanol–water partition coefficient (Wildman–Crippen LogP) is 7.09. The largest absolute Gasteiger partial charge is 0.481 e. The first-order chi connectivity index (χ1) is 18.4. The van der Waals surface area contributed by atoms with Gasteiger partial charge in [-0.2, -0.15) is 13.2 Å². The molecule has 1 fully saturated rings. The van der Waals surface area contributed by atoms with Crippen LogP contribution in [0.25, 0.3) is 22.5 Å². The Kier molecular flexibility index (Phi) is 8.90. The summed E-state index contributed by atoms with van der Waals surface area (Å²) in [5.74, 6) is -1.25. The maximum Gasteiger partial charge on any atom is 0.453 e. The number of carboxylic acid groups (broad SMARTS) is 1. The first kappa shape index (κ1) is 28.9. The van der Waals surface area contributed by atoms with Gasteiger partial charge in [0.2, 0.25) is 0 Å². The smallest absolute Gasteiger partial charge is 0.453 e. The van der Waals surface area contributed by atoms with Crippen molar-refractivity contribution >= 4 is 14.0 Å². The Morgan fingerprint density at radius 2 is 1.67 bits per heavy atom. The van der Waals surface area contributed by atoms with Crippen molar-refractivity contribution in [3.05, 3.63) is 54.1 Å².